The van der Waals surface area contributed by atoms with Crippen molar-refractivity contribution in [1.82, 2.24) is 19.2 Å². The molecule has 0 aromatic heterocycles. The van der Waals surface area contributed by atoms with Gasteiger partial charge in [-0.15, -0.1) is 0 Å². The predicted octanol–water partition coefficient (Wildman–Crippen LogP) is -1.74. The Morgan fingerprint density at radius 1 is 1.15 bits per heavy atom. The lowest BCUT2D eigenvalue weighted by Gasteiger charge is -2.41. The standard InChI is InChI=1S/C11H20N4O4S/c1-11(2)10(17)13-9(16)8-15(11)20(18,19)14-6-3-4-12-5-7-14/h12H,3-8H2,1-2H3,(H,13,16,17). The molecule has 0 aromatic rings. The van der Waals surface area contributed by atoms with Gasteiger partial charge in [-0.2, -0.15) is 17.0 Å². The summed E-state index contributed by atoms with van der Waals surface area (Å²) in [5.41, 5.74) is -1.27. The molecule has 0 radical (unpaired) electrons. The molecule has 2 saturated heterocycles. The Morgan fingerprint density at radius 3 is 2.55 bits per heavy atom. The van der Waals surface area contributed by atoms with E-state index in [0.717, 1.165) is 10.8 Å². The molecule has 2 heterocycles. The molecule has 2 aliphatic rings. The van der Waals surface area contributed by atoms with Gasteiger partial charge in [-0.1, -0.05) is 0 Å². The molecule has 0 spiro atoms. The van der Waals surface area contributed by atoms with Crippen LogP contribution in [0.4, 0.5) is 0 Å². The number of nitrogens with zero attached hydrogens (tertiary/aromatic N) is 2. The van der Waals surface area contributed by atoms with E-state index < -0.39 is 27.6 Å². The Bertz CT molecular complexity index is 509. The summed E-state index contributed by atoms with van der Waals surface area (Å²) in [6.45, 7) is 4.72. The van der Waals surface area contributed by atoms with Crippen molar-refractivity contribution in [2.45, 2.75) is 25.8 Å². The Hall–Kier alpha value is -1.03. The number of amides is 2. The second-order valence-corrected chi connectivity index (χ2v) is 7.31. The van der Waals surface area contributed by atoms with Crippen LogP contribution in [0.15, 0.2) is 0 Å². The van der Waals surface area contributed by atoms with Gasteiger partial charge in [0.05, 0.1) is 6.54 Å². The summed E-state index contributed by atoms with van der Waals surface area (Å²) in [5.74, 6) is -1.18. The summed E-state index contributed by atoms with van der Waals surface area (Å²) in [7, 11) is -3.84. The first-order chi connectivity index (χ1) is 9.26. The molecule has 2 amide bonds. The first kappa shape index (κ1) is 15.4. The third-order valence-electron chi connectivity index (χ3n) is 3.62. The molecule has 2 fully saturated rings. The monoisotopic (exact) mass is 304 g/mol. The highest BCUT2D eigenvalue weighted by molar-refractivity contribution is 7.86. The van der Waals surface area contributed by atoms with Crippen molar-refractivity contribution < 1.29 is 18.0 Å². The van der Waals surface area contributed by atoms with Crippen LogP contribution in [-0.4, -0.2) is 67.1 Å². The summed E-state index contributed by atoms with van der Waals surface area (Å²) in [4.78, 5) is 23.4. The van der Waals surface area contributed by atoms with Crippen molar-refractivity contribution in [2.75, 3.05) is 32.7 Å². The molecular formula is C11H20N4O4S. The zero-order chi connectivity index (χ0) is 15.0. The van der Waals surface area contributed by atoms with E-state index in [9.17, 15) is 18.0 Å². The minimum atomic E-state index is -3.84. The lowest BCUT2D eigenvalue weighted by molar-refractivity contribution is -0.141. The first-order valence-corrected chi connectivity index (χ1v) is 7.99. The van der Waals surface area contributed by atoms with Crippen LogP contribution in [0.2, 0.25) is 0 Å². The lowest BCUT2D eigenvalue weighted by Crippen LogP contribution is -2.67. The maximum absolute atomic E-state index is 12.7. The van der Waals surface area contributed by atoms with E-state index in [1.54, 1.807) is 0 Å². The highest BCUT2D eigenvalue weighted by Crippen LogP contribution is 2.24. The van der Waals surface area contributed by atoms with E-state index in [1.807, 2.05) is 0 Å². The van der Waals surface area contributed by atoms with Crippen LogP contribution in [-0.2, 0) is 19.8 Å². The molecule has 114 valence electrons. The van der Waals surface area contributed by atoms with Gasteiger partial charge in [-0.05, 0) is 26.8 Å². The number of hydrogen-bond acceptors (Lipinski definition) is 5. The zero-order valence-corrected chi connectivity index (χ0v) is 12.5. The van der Waals surface area contributed by atoms with E-state index in [4.69, 9.17) is 0 Å². The highest BCUT2D eigenvalue weighted by Gasteiger charge is 2.48. The van der Waals surface area contributed by atoms with Gasteiger partial charge >= 0.3 is 0 Å². The summed E-state index contributed by atoms with van der Waals surface area (Å²) in [5, 5.41) is 5.29. The lowest BCUT2D eigenvalue weighted by atomic mass is 10.0. The van der Waals surface area contributed by atoms with Crippen LogP contribution < -0.4 is 10.6 Å². The van der Waals surface area contributed by atoms with Crippen LogP contribution in [0, 0.1) is 0 Å². The predicted molar refractivity (Wildman–Crippen MR) is 71.9 cm³/mol. The maximum atomic E-state index is 12.7. The normalized spacial score (nSPS) is 26.1. The van der Waals surface area contributed by atoms with Crippen molar-refractivity contribution in [3.63, 3.8) is 0 Å². The molecular weight excluding hydrogens is 284 g/mol. The third kappa shape index (κ3) is 2.71. The van der Waals surface area contributed by atoms with Gasteiger partial charge in [0, 0.05) is 19.6 Å². The van der Waals surface area contributed by atoms with Gasteiger partial charge in [0.25, 0.3) is 10.2 Å². The van der Waals surface area contributed by atoms with Crippen LogP contribution in [0.25, 0.3) is 0 Å². The zero-order valence-electron chi connectivity index (χ0n) is 11.7. The number of rotatable bonds is 2. The van der Waals surface area contributed by atoms with Crippen LogP contribution >= 0.6 is 0 Å². The Labute approximate surface area is 118 Å². The van der Waals surface area contributed by atoms with Gasteiger partial charge in [0.1, 0.15) is 5.54 Å². The van der Waals surface area contributed by atoms with E-state index in [-0.39, 0.29) is 6.54 Å². The summed E-state index contributed by atoms with van der Waals surface area (Å²) in [6.07, 6.45) is 0.702. The summed E-state index contributed by atoms with van der Waals surface area (Å²) >= 11 is 0. The van der Waals surface area contributed by atoms with Crippen molar-refractivity contribution in [3.8, 4) is 0 Å². The number of imide groups is 1. The maximum Gasteiger partial charge on any atom is 0.283 e. The van der Waals surface area contributed by atoms with Gasteiger partial charge in [-0.3, -0.25) is 14.9 Å². The topological polar surface area (TPSA) is 98.8 Å². The van der Waals surface area contributed by atoms with Crippen molar-refractivity contribution in [1.29, 1.82) is 0 Å². The number of carbonyl (C=O) groups excluding carboxylic acids is 2. The molecule has 9 heteroatoms. The molecule has 2 N–H and O–H groups in total. The molecule has 2 rings (SSSR count). The molecule has 0 aromatic carbocycles. The largest absolute Gasteiger partial charge is 0.315 e. The second-order valence-electron chi connectivity index (χ2n) is 5.45. The molecule has 0 unspecified atom stereocenters. The third-order valence-corrected chi connectivity index (χ3v) is 5.78. The molecule has 8 nitrogen and oxygen atoms in total. The van der Waals surface area contributed by atoms with E-state index in [1.165, 1.54) is 18.2 Å². The van der Waals surface area contributed by atoms with Crippen molar-refractivity contribution >= 4 is 22.0 Å². The SMILES string of the molecule is CC1(C)C(=O)NC(=O)CN1S(=O)(=O)N1CCCNCC1. The van der Waals surface area contributed by atoms with Crippen molar-refractivity contribution in [2.24, 2.45) is 0 Å². The van der Waals surface area contributed by atoms with Crippen LogP contribution in [0.3, 0.4) is 0 Å². The Balaban J connectivity index is 2.30. The minimum Gasteiger partial charge on any atom is -0.315 e. The van der Waals surface area contributed by atoms with E-state index in [0.29, 0.717) is 26.1 Å². The van der Waals surface area contributed by atoms with Crippen molar-refractivity contribution in [3.05, 3.63) is 0 Å². The Kier molecular flexibility index (Phi) is 4.14. The Morgan fingerprint density at radius 2 is 1.85 bits per heavy atom. The number of piperazine rings is 1. The molecule has 0 atom stereocenters. The first-order valence-electron chi connectivity index (χ1n) is 6.59. The molecule has 0 aliphatic carbocycles. The van der Waals surface area contributed by atoms with Crippen LogP contribution in [0.1, 0.15) is 20.3 Å². The fourth-order valence-electron chi connectivity index (χ4n) is 2.32. The minimum absolute atomic E-state index is 0.328. The smallest absolute Gasteiger partial charge is 0.283 e. The van der Waals surface area contributed by atoms with Gasteiger partial charge in [-0.25, -0.2) is 0 Å². The van der Waals surface area contributed by atoms with Gasteiger partial charge < -0.3 is 5.32 Å². The molecule has 2 aliphatic heterocycles. The fraction of sp³-hybridized carbons (Fsp3) is 0.818. The fourth-order valence-corrected chi connectivity index (χ4v) is 4.22. The average Bonchev–Trinajstić information content (AvgIpc) is 2.63. The van der Waals surface area contributed by atoms with E-state index in [2.05, 4.69) is 10.6 Å². The number of hydrogen-bond donors (Lipinski definition) is 2. The average molecular weight is 304 g/mol. The summed E-state index contributed by atoms with van der Waals surface area (Å²) < 4.78 is 27.7. The quantitative estimate of drug-likeness (QED) is 0.590. The molecule has 0 bridgehead atoms. The number of nitrogens with one attached hydrogen (secondary N) is 2. The highest BCUT2D eigenvalue weighted by atomic mass is 32.2. The van der Waals surface area contributed by atoms with Gasteiger partial charge in [0.2, 0.25) is 11.8 Å². The molecule has 0 saturated carbocycles. The van der Waals surface area contributed by atoms with E-state index >= 15 is 0 Å². The molecule has 20 heavy (non-hydrogen) atoms. The van der Waals surface area contributed by atoms with Gasteiger partial charge in [0.15, 0.2) is 0 Å². The number of carbonyl (C=O) groups is 2. The summed E-state index contributed by atoms with van der Waals surface area (Å²) in [6, 6.07) is 0. The van der Waals surface area contributed by atoms with Crippen LogP contribution in [0.5, 0.6) is 0 Å². The second kappa shape index (κ2) is 5.40.